The fraction of sp³-hybridized carbons (Fsp3) is 0.619. The third-order valence-corrected chi connectivity index (χ3v) is 5.11. The molecule has 1 aromatic carbocycles. The van der Waals surface area contributed by atoms with E-state index in [0.29, 0.717) is 13.0 Å². The molecule has 0 aliphatic carbocycles. The Hall–Kier alpha value is -2.04. The van der Waals surface area contributed by atoms with Gasteiger partial charge < -0.3 is 15.1 Å². The van der Waals surface area contributed by atoms with E-state index in [1.807, 2.05) is 23.1 Å². The molecule has 2 rings (SSSR count). The minimum atomic E-state index is -0.123. The number of anilines is 1. The average molecular weight is 360 g/mol. The molecule has 0 spiro atoms. The van der Waals surface area contributed by atoms with Crippen LogP contribution in [0.25, 0.3) is 0 Å². The molecule has 5 heteroatoms. The summed E-state index contributed by atoms with van der Waals surface area (Å²) < 4.78 is 0. The van der Waals surface area contributed by atoms with Gasteiger partial charge in [0, 0.05) is 31.7 Å². The maximum atomic E-state index is 12.6. The predicted octanol–water partition coefficient (Wildman–Crippen LogP) is 4.02. The lowest BCUT2D eigenvalue weighted by molar-refractivity contribution is -0.117. The van der Waals surface area contributed by atoms with Crippen molar-refractivity contribution < 1.29 is 9.59 Å². The van der Waals surface area contributed by atoms with E-state index in [1.54, 1.807) is 4.90 Å². The van der Waals surface area contributed by atoms with Crippen LogP contribution >= 0.6 is 0 Å². The van der Waals surface area contributed by atoms with Crippen LogP contribution in [0.15, 0.2) is 18.2 Å². The largest absolute Gasteiger partial charge is 0.333 e. The number of carbonyl (C=O) groups is 2. The summed E-state index contributed by atoms with van der Waals surface area (Å²) in [5, 5.41) is 3.08. The Morgan fingerprint density at radius 2 is 1.81 bits per heavy atom. The summed E-state index contributed by atoms with van der Waals surface area (Å²) in [7, 11) is 0. The van der Waals surface area contributed by atoms with Crippen LogP contribution in [0.5, 0.6) is 0 Å². The zero-order valence-electron chi connectivity index (χ0n) is 16.7. The topological polar surface area (TPSA) is 52.7 Å². The summed E-state index contributed by atoms with van der Waals surface area (Å²) in [6.45, 7) is 10.5. The fourth-order valence-corrected chi connectivity index (χ4v) is 3.23. The van der Waals surface area contributed by atoms with Gasteiger partial charge in [0.1, 0.15) is 0 Å². The lowest BCUT2D eigenvalue weighted by atomic mass is 10.1. The van der Waals surface area contributed by atoms with Crippen molar-refractivity contribution in [2.45, 2.75) is 65.8 Å². The van der Waals surface area contributed by atoms with Crippen LogP contribution in [-0.2, 0) is 4.79 Å². The molecule has 144 valence electrons. The van der Waals surface area contributed by atoms with E-state index in [4.69, 9.17) is 0 Å². The summed E-state index contributed by atoms with van der Waals surface area (Å²) in [4.78, 5) is 28.8. The van der Waals surface area contributed by atoms with E-state index in [0.717, 1.165) is 44.5 Å². The first-order valence-electron chi connectivity index (χ1n) is 9.89. The van der Waals surface area contributed by atoms with E-state index in [-0.39, 0.29) is 18.0 Å². The molecule has 1 N–H and O–H groups in total. The maximum absolute atomic E-state index is 12.6. The molecule has 0 radical (unpaired) electrons. The molecule has 0 unspecified atom stereocenters. The second-order valence-electron chi connectivity index (χ2n) is 7.32. The van der Waals surface area contributed by atoms with E-state index < -0.39 is 0 Å². The van der Waals surface area contributed by atoms with Crippen molar-refractivity contribution >= 4 is 17.6 Å². The Bertz CT molecular complexity index is 622. The molecule has 1 aliphatic heterocycles. The molecule has 0 saturated carbocycles. The Morgan fingerprint density at radius 3 is 2.38 bits per heavy atom. The molecule has 1 aliphatic rings. The zero-order valence-corrected chi connectivity index (χ0v) is 16.7. The first kappa shape index (κ1) is 20.3. The SMILES string of the molecule is CCCCN(CCCC)C(=O)N[C@@H]1CC(=O)N(c2ccc(C)c(C)c2)C1. The van der Waals surface area contributed by atoms with Crippen LogP contribution in [-0.4, -0.2) is 42.5 Å². The van der Waals surface area contributed by atoms with Crippen molar-refractivity contribution in [3.8, 4) is 0 Å². The number of nitrogens with one attached hydrogen (secondary N) is 1. The third-order valence-electron chi connectivity index (χ3n) is 5.11. The molecule has 1 saturated heterocycles. The highest BCUT2D eigenvalue weighted by Crippen LogP contribution is 2.24. The molecular formula is C21H33N3O2. The Balaban J connectivity index is 1.98. The summed E-state index contributed by atoms with van der Waals surface area (Å²) in [6.07, 6.45) is 4.52. The number of unbranched alkanes of at least 4 members (excludes halogenated alkanes) is 2. The monoisotopic (exact) mass is 359 g/mol. The smallest absolute Gasteiger partial charge is 0.317 e. The molecule has 1 atom stereocenters. The van der Waals surface area contributed by atoms with Gasteiger partial charge in [-0.25, -0.2) is 4.79 Å². The van der Waals surface area contributed by atoms with Crippen LogP contribution < -0.4 is 10.2 Å². The first-order chi connectivity index (χ1) is 12.5. The van der Waals surface area contributed by atoms with Gasteiger partial charge in [-0.1, -0.05) is 32.8 Å². The number of hydrogen-bond acceptors (Lipinski definition) is 2. The van der Waals surface area contributed by atoms with Crippen LogP contribution in [0.4, 0.5) is 10.5 Å². The van der Waals surface area contributed by atoms with Crippen molar-refractivity contribution in [2.24, 2.45) is 0 Å². The van der Waals surface area contributed by atoms with Crippen molar-refractivity contribution in [3.63, 3.8) is 0 Å². The summed E-state index contributed by atoms with van der Waals surface area (Å²) in [5.74, 6) is 0.0761. The first-order valence-corrected chi connectivity index (χ1v) is 9.89. The van der Waals surface area contributed by atoms with Gasteiger partial charge in [-0.2, -0.15) is 0 Å². The Kier molecular flexibility index (Phi) is 7.49. The lowest BCUT2D eigenvalue weighted by Crippen LogP contribution is -2.46. The highest BCUT2D eigenvalue weighted by atomic mass is 16.2. The van der Waals surface area contributed by atoms with Gasteiger partial charge in [-0.15, -0.1) is 0 Å². The number of aryl methyl sites for hydroxylation is 2. The minimum Gasteiger partial charge on any atom is -0.333 e. The number of urea groups is 1. The van der Waals surface area contributed by atoms with E-state index in [2.05, 4.69) is 33.0 Å². The quantitative estimate of drug-likeness (QED) is 0.762. The average Bonchev–Trinajstić information content (AvgIpc) is 2.97. The summed E-state index contributed by atoms with van der Waals surface area (Å²) in [6, 6.07) is 5.92. The van der Waals surface area contributed by atoms with Crippen molar-refractivity contribution in [1.29, 1.82) is 0 Å². The number of nitrogens with zero attached hydrogens (tertiary/aromatic N) is 2. The molecule has 5 nitrogen and oxygen atoms in total. The molecule has 1 aromatic rings. The zero-order chi connectivity index (χ0) is 19.1. The number of amides is 3. The standard InChI is InChI=1S/C21H33N3O2/c1-5-7-11-23(12-8-6-2)21(26)22-18-14-20(25)24(15-18)19-10-9-16(3)17(4)13-19/h9-10,13,18H,5-8,11-12,14-15H2,1-4H3,(H,22,26)/t18-/m1/s1. The number of benzene rings is 1. The Morgan fingerprint density at radius 1 is 1.15 bits per heavy atom. The molecular weight excluding hydrogens is 326 g/mol. The summed E-state index contributed by atoms with van der Waals surface area (Å²) in [5.41, 5.74) is 3.31. The van der Waals surface area contributed by atoms with Gasteiger partial charge in [-0.3, -0.25) is 4.79 Å². The van der Waals surface area contributed by atoms with Gasteiger partial charge in [0.2, 0.25) is 5.91 Å². The molecule has 1 heterocycles. The number of carbonyl (C=O) groups excluding carboxylic acids is 2. The normalized spacial score (nSPS) is 16.8. The van der Waals surface area contributed by atoms with Crippen LogP contribution in [0.3, 0.4) is 0 Å². The van der Waals surface area contributed by atoms with Gasteiger partial charge in [0.15, 0.2) is 0 Å². The predicted molar refractivity (Wildman–Crippen MR) is 107 cm³/mol. The lowest BCUT2D eigenvalue weighted by Gasteiger charge is -2.25. The number of hydrogen-bond donors (Lipinski definition) is 1. The van der Waals surface area contributed by atoms with Crippen molar-refractivity contribution in [2.75, 3.05) is 24.5 Å². The van der Waals surface area contributed by atoms with Gasteiger partial charge in [0.05, 0.1) is 6.04 Å². The fourth-order valence-electron chi connectivity index (χ4n) is 3.23. The van der Waals surface area contributed by atoms with Crippen molar-refractivity contribution in [1.82, 2.24) is 10.2 Å². The molecule has 0 aromatic heterocycles. The number of rotatable bonds is 8. The highest BCUT2D eigenvalue weighted by molar-refractivity contribution is 5.96. The van der Waals surface area contributed by atoms with Gasteiger partial charge >= 0.3 is 6.03 Å². The van der Waals surface area contributed by atoms with E-state index in [1.165, 1.54) is 11.1 Å². The van der Waals surface area contributed by atoms with Crippen molar-refractivity contribution in [3.05, 3.63) is 29.3 Å². The van der Waals surface area contributed by atoms with Crippen LogP contribution in [0.2, 0.25) is 0 Å². The van der Waals surface area contributed by atoms with E-state index in [9.17, 15) is 9.59 Å². The third kappa shape index (κ3) is 5.23. The van der Waals surface area contributed by atoms with Crippen LogP contribution in [0, 0.1) is 13.8 Å². The second kappa shape index (κ2) is 9.60. The Labute approximate surface area is 157 Å². The van der Waals surface area contributed by atoms with Gasteiger partial charge in [0.25, 0.3) is 0 Å². The maximum Gasteiger partial charge on any atom is 0.317 e. The highest BCUT2D eigenvalue weighted by Gasteiger charge is 2.32. The van der Waals surface area contributed by atoms with Crippen LogP contribution in [0.1, 0.15) is 57.1 Å². The van der Waals surface area contributed by atoms with Gasteiger partial charge in [-0.05, 0) is 49.9 Å². The van der Waals surface area contributed by atoms with E-state index >= 15 is 0 Å². The molecule has 26 heavy (non-hydrogen) atoms. The molecule has 0 bridgehead atoms. The second-order valence-corrected chi connectivity index (χ2v) is 7.32. The summed E-state index contributed by atoms with van der Waals surface area (Å²) >= 11 is 0. The molecule has 1 fully saturated rings. The minimum absolute atomic E-state index is 0.0355. The molecule has 3 amide bonds.